The Morgan fingerprint density at radius 1 is 0.690 bits per heavy atom. The van der Waals surface area contributed by atoms with Crippen molar-refractivity contribution in [3.63, 3.8) is 0 Å². The van der Waals surface area contributed by atoms with Crippen LogP contribution in [0, 0.1) is 11.8 Å². The topological polar surface area (TPSA) is 192 Å². The van der Waals surface area contributed by atoms with Gasteiger partial charge in [-0.1, -0.05) is 27.7 Å². The molecule has 0 spiro atoms. The molecule has 0 radical (unpaired) electrons. The Balaban J connectivity index is 0.000000480. The fourth-order valence-electron chi connectivity index (χ4n) is 3.47. The number of imide groups is 2. The molecule has 2 atom stereocenters. The van der Waals surface area contributed by atoms with Gasteiger partial charge in [-0.2, -0.15) is 0 Å². The van der Waals surface area contributed by atoms with E-state index in [4.69, 9.17) is 17.9 Å². The highest BCUT2D eigenvalue weighted by Gasteiger charge is 2.37. The van der Waals surface area contributed by atoms with Crippen molar-refractivity contribution in [2.75, 3.05) is 41.1 Å². The highest BCUT2D eigenvalue weighted by Crippen LogP contribution is 2.15. The lowest BCUT2D eigenvalue weighted by Gasteiger charge is -2.23. The summed E-state index contributed by atoms with van der Waals surface area (Å²) in [7, 11) is 2.49. The van der Waals surface area contributed by atoms with Gasteiger partial charge in [0, 0.05) is 33.9 Å². The lowest BCUT2D eigenvalue weighted by molar-refractivity contribution is -0.199. The molecule has 0 aliphatic carbocycles. The number of nitrogens with zero attached hydrogens (tertiary/aromatic N) is 4. The first-order valence-electron chi connectivity index (χ1n) is 16.0. The molecule has 0 aromatic carbocycles. The van der Waals surface area contributed by atoms with Gasteiger partial charge in [-0.25, -0.2) is 9.59 Å². The van der Waals surface area contributed by atoms with Gasteiger partial charge < -0.3 is 30.1 Å². The van der Waals surface area contributed by atoms with Gasteiger partial charge >= 0.3 is 11.9 Å². The molecule has 6 amide bonds. The van der Waals surface area contributed by atoms with E-state index in [2.05, 4.69) is 10.6 Å². The number of likely N-dealkylation sites (N-methyl/N-ethyl adjacent to an activating group) is 2. The number of rotatable bonds is 12. The Bertz CT molecular complexity index is 1130. The Morgan fingerprint density at radius 3 is 1.21 bits per heavy atom. The molecule has 16 nitrogen and oxygen atoms in total. The fourth-order valence-corrected chi connectivity index (χ4v) is 3.47. The van der Waals surface area contributed by atoms with E-state index < -0.39 is 98.3 Å². The van der Waals surface area contributed by atoms with Gasteiger partial charge in [-0.3, -0.25) is 28.8 Å². The molecule has 2 saturated heterocycles. The molecule has 2 rings (SSSR count). The lowest BCUT2D eigenvalue weighted by atomic mass is 10.0. The second kappa shape index (κ2) is 16.5. The third kappa shape index (κ3) is 11.5. The van der Waals surface area contributed by atoms with E-state index in [1.807, 2.05) is 0 Å². The molecule has 16 heteroatoms. The normalized spacial score (nSPS) is 19.3. The fraction of sp³-hybridized carbons (Fsp3) is 0.692. The minimum Gasteiger partial charge on any atom is -0.341 e. The van der Waals surface area contributed by atoms with Crippen molar-refractivity contribution in [2.45, 2.75) is 65.5 Å². The van der Waals surface area contributed by atoms with Crippen LogP contribution in [-0.4, -0.2) is 121 Å². The predicted octanol–water partition coefficient (Wildman–Crippen LogP) is -1.41. The number of hydrogen-bond acceptors (Lipinski definition) is 12. The molecule has 0 aromatic heterocycles. The quantitative estimate of drug-likeness (QED) is 0.150. The van der Waals surface area contributed by atoms with Crippen LogP contribution in [0.25, 0.3) is 0 Å². The Hall–Kier alpha value is -3.92. The molecule has 0 saturated carbocycles. The van der Waals surface area contributed by atoms with Crippen molar-refractivity contribution in [3.05, 3.63) is 0 Å². The molecule has 0 aromatic rings. The lowest BCUT2D eigenvalue weighted by Crippen LogP contribution is -2.50. The monoisotopic (exact) mass is 607 g/mol. The van der Waals surface area contributed by atoms with Crippen LogP contribution in [0.5, 0.6) is 0 Å². The molecule has 2 N–H and O–H groups in total. The maximum Gasteiger partial charge on any atom is 0.355 e. The van der Waals surface area contributed by atoms with Crippen molar-refractivity contribution < 1.29 is 56.3 Å². The van der Waals surface area contributed by atoms with Crippen LogP contribution in [0.1, 0.15) is 61.6 Å². The van der Waals surface area contributed by atoms with Crippen LogP contribution in [0.4, 0.5) is 0 Å². The van der Waals surface area contributed by atoms with E-state index in [0.717, 1.165) is 9.80 Å². The van der Waals surface area contributed by atoms with Crippen molar-refractivity contribution in [2.24, 2.45) is 11.8 Å². The summed E-state index contributed by atoms with van der Waals surface area (Å²) < 4.78 is 43.1. The molecule has 2 fully saturated rings. The molecule has 2 aliphatic rings. The number of hydroxylamine groups is 4. The zero-order valence-electron chi connectivity index (χ0n) is 30.4. The van der Waals surface area contributed by atoms with E-state index in [1.165, 1.54) is 14.1 Å². The Kier molecular flexibility index (Phi) is 10.6. The summed E-state index contributed by atoms with van der Waals surface area (Å²) in [5, 5.41) is 5.54. The van der Waals surface area contributed by atoms with Crippen molar-refractivity contribution in [1.82, 2.24) is 30.6 Å². The highest BCUT2D eigenvalue weighted by atomic mass is 16.7. The predicted molar refractivity (Wildman–Crippen MR) is 145 cm³/mol. The summed E-state index contributed by atoms with van der Waals surface area (Å²) in [5.74, 6) is -6.58. The first-order valence-corrected chi connectivity index (χ1v) is 13.0. The first-order chi connectivity index (χ1) is 21.9. The zero-order chi connectivity index (χ0) is 37.3. The maximum absolute atomic E-state index is 12.1. The van der Waals surface area contributed by atoms with Crippen LogP contribution in [-0.2, 0) is 48.0 Å². The van der Waals surface area contributed by atoms with Crippen LogP contribution in [0.2, 0.25) is 0 Å². The summed E-state index contributed by atoms with van der Waals surface area (Å²) in [6, 6.07) is -2.24. The summed E-state index contributed by atoms with van der Waals surface area (Å²) in [5.41, 5.74) is 0. The minimum atomic E-state index is -2.44. The standard InChI is InChI=1S/2C13H21N3O5/c2*1-8(2)12(14-9(17)7-15(3)4)13(20)21-16-10(18)5-6-11(16)19/h2*8,12H,5-7H2,1-4H3,(H,14,17)/i3D3,9+1,15+1;3+1D3. The Labute approximate surface area is 253 Å². The average Bonchev–Trinajstić information content (AvgIpc) is 3.43. The highest BCUT2D eigenvalue weighted by molar-refractivity contribution is 6.02. The molecule has 2 aliphatic heterocycles. The SMILES string of the molecule is [2H]C([2H])([2H])[15N](C)C[13C](=O)NC(C(=O)ON1C(=O)CCC1=O)C(C)C.[2H][13C]([2H])([2H])N(C)CC(=O)NC(C(=O)ON1C(=O)CCC1=O)C(C)C. The van der Waals surface area contributed by atoms with E-state index >= 15 is 0 Å². The van der Waals surface area contributed by atoms with Crippen LogP contribution >= 0.6 is 0 Å². The third-order valence-electron chi connectivity index (χ3n) is 5.61. The molecule has 2 heterocycles. The van der Waals surface area contributed by atoms with Crippen LogP contribution < -0.4 is 10.6 Å². The summed E-state index contributed by atoms with van der Waals surface area (Å²) in [6.07, 6.45) is -0.134. The second-order valence-corrected chi connectivity index (χ2v) is 10.3. The number of carbonyl (C=O) groups is 8. The summed E-state index contributed by atoms with van der Waals surface area (Å²) in [6.45, 7) is 0.740. The first kappa shape index (κ1) is 26.9. The van der Waals surface area contributed by atoms with Gasteiger partial charge in [0.2, 0.25) is 11.8 Å². The largest absolute Gasteiger partial charge is 0.355 e. The van der Waals surface area contributed by atoms with Gasteiger partial charge in [-0.05, 0) is 39.9 Å². The van der Waals surface area contributed by atoms with Crippen LogP contribution in [0.3, 0.4) is 0 Å². The number of carbonyl (C=O) groups excluding carboxylic acids is 8. The van der Waals surface area contributed by atoms with Crippen molar-refractivity contribution in [1.29, 1.82) is 0 Å². The van der Waals surface area contributed by atoms with Crippen molar-refractivity contribution in [3.8, 4) is 0 Å². The zero-order valence-corrected chi connectivity index (χ0v) is 24.4. The van der Waals surface area contributed by atoms with Gasteiger partial charge in [0.05, 0.1) is 13.1 Å². The molecule has 0 bridgehead atoms. The van der Waals surface area contributed by atoms with Crippen molar-refractivity contribution >= 4 is 47.4 Å². The number of amides is 6. The molecular formula is C26H42N6O10. The van der Waals surface area contributed by atoms with E-state index in [-0.39, 0.29) is 25.7 Å². The molecule has 42 heavy (non-hydrogen) atoms. The minimum absolute atomic E-state index is 0.0335. The van der Waals surface area contributed by atoms with Crippen LogP contribution in [0.15, 0.2) is 0 Å². The van der Waals surface area contributed by atoms with Gasteiger partial charge in [-0.15, -0.1) is 10.1 Å². The Morgan fingerprint density at radius 2 is 0.976 bits per heavy atom. The molecule has 236 valence electrons. The number of hydrogen-bond donors (Lipinski definition) is 2. The van der Waals surface area contributed by atoms with E-state index in [1.54, 1.807) is 27.7 Å². The van der Waals surface area contributed by atoms with E-state index in [0.29, 0.717) is 10.1 Å². The molecule has 2 unspecified atom stereocenters. The van der Waals surface area contributed by atoms with Gasteiger partial charge in [0.15, 0.2) is 0 Å². The van der Waals surface area contributed by atoms with Gasteiger partial charge in [0.1, 0.15) is 12.1 Å². The van der Waals surface area contributed by atoms with E-state index in [9.17, 15) is 38.4 Å². The second-order valence-electron chi connectivity index (χ2n) is 10.3. The van der Waals surface area contributed by atoms with Gasteiger partial charge in [0.25, 0.3) is 23.6 Å². The number of nitrogens with one attached hydrogen (secondary N) is 2. The summed E-state index contributed by atoms with van der Waals surface area (Å²) >= 11 is 0. The maximum atomic E-state index is 12.1. The average molecular weight is 608 g/mol. The molecular weight excluding hydrogens is 559 g/mol. The third-order valence-corrected chi connectivity index (χ3v) is 5.61. The smallest absolute Gasteiger partial charge is 0.341 e. The summed E-state index contributed by atoms with van der Waals surface area (Å²) in [4.78, 5) is 105.